The summed E-state index contributed by atoms with van der Waals surface area (Å²) in [5.41, 5.74) is 1.51. The van der Waals surface area contributed by atoms with Crippen LogP contribution in [-0.4, -0.2) is 37.5 Å². The number of nitrogens with zero attached hydrogens (tertiary/aromatic N) is 2. The van der Waals surface area contributed by atoms with Crippen LogP contribution in [0.5, 0.6) is 17.2 Å². The molecule has 1 saturated heterocycles. The summed E-state index contributed by atoms with van der Waals surface area (Å²) in [6, 6.07) is 21.5. The van der Waals surface area contributed by atoms with Crippen molar-refractivity contribution in [2.75, 3.05) is 18.1 Å². The van der Waals surface area contributed by atoms with E-state index in [2.05, 4.69) is 4.99 Å². The van der Waals surface area contributed by atoms with E-state index in [0.29, 0.717) is 24.0 Å². The van der Waals surface area contributed by atoms with E-state index in [9.17, 15) is 4.79 Å². The van der Waals surface area contributed by atoms with E-state index in [4.69, 9.17) is 25.8 Å². The Hall–Kier alpha value is -3.51. The van der Waals surface area contributed by atoms with Crippen LogP contribution in [0.3, 0.4) is 0 Å². The highest BCUT2D eigenvalue weighted by Gasteiger charge is 2.49. The first-order valence-electron chi connectivity index (χ1n) is 10.8. The molecule has 3 aromatic rings. The number of hydrogen-bond acceptors (Lipinski definition) is 5. The lowest BCUT2D eigenvalue weighted by atomic mass is 9.97. The van der Waals surface area contributed by atoms with Gasteiger partial charge in [0, 0.05) is 16.9 Å². The largest absolute Gasteiger partial charge is 0.494 e. The summed E-state index contributed by atoms with van der Waals surface area (Å²) in [5.74, 6) is 1.97. The summed E-state index contributed by atoms with van der Waals surface area (Å²) < 4.78 is 17.0. The second-order valence-electron chi connectivity index (χ2n) is 7.32. The zero-order valence-corrected chi connectivity index (χ0v) is 19.2. The Balaban J connectivity index is 1.57. The van der Waals surface area contributed by atoms with Crippen LogP contribution in [0.15, 0.2) is 77.8 Å². The molecule has 0 radical (unpaired) electrons. The predicted molar refractivity (Wildman–Crippen MR) is 131 cm³/mol. The fourth-order valence-corrected chi connectivity index (χ4v) is 3.66. The van der Waals surface area contributed by atoms with Crippen LogP contribution in [0, 0.1) is 0 Å². The molecule has 0 aromatic heterocycles. The second kappa shape index (κ2) is 10.4. The molecular weight excluding hydrogens is 440 g/mol. The quantitative estimate of drug-likeness (QED) is 0.301. The molecule has 170 valence electrons. The number of amides is 1. The number of carbonyl (C=O) groups excluding carboxylic acids is 1. The fourth-order valence-electron chi connectivity index (χ4n) is 3.53. The number of carbonyl (C=O) groups is 1. The van der Waals surface area contributed by atoms with E-state index in [1.807, 2.05) is 62.4 Å². The molecule has 0 N–H and O–H groups in total. The number of benzene rings is 3. The van der Waals surface area contributed by atoms with Gasteiger partial charge in [-0.05, 0) is 86.6 Å². The number of aliphatic imine (C=N–C) groups is 1. The van der Waals surface area contributed by atoms with Gasteiger partial charge in [-0.1, -0.05) is 11.6 Å². The van der Waals surface area contributed by atoms with E-state index in [-0.39, 0.29) is 11.9 Å². The molecule has 1 fully saturated rings. The standard InChI is InChI=1S/C26H25ClN2O4/c1-3-31-21-13-7-19(8-14-21)28-17-24-25(33-23-11-5-18(27)6-12-23)26(30)29(24)20-9-15-22(16-10-20)32-4-2/h5-17,24-25H,3-4H2,1-2H3/t24-,25+/m1/s1. The minimum atomic E-state index is -0.691. The highest BCUT2D eigenvalue weighted by molar-refractivity contribution is 6.30. The lowest BCUT2D eigenvalue weighted by molar-refractivity contribution is -0.132. The third kappa shape index (κ3) is 5.29. The number of rotatable bonds is 9. The van der Waals surface area contributed by atoms with Crippen molar-refractivity contribution in [1.82, 2.24) is 0 Å². The lowest BCUT2D eigenvalue weighted by Gasteiger charge is -2.44. The number of anilines is 1. The molecule has 1 aliphatic heterocycles. The predicted octanol–water partition coefficient (Wildman–Crippen LogP) is 5.70. The van der Waals surface area contributed by atoms with Gasteiger partial charge in [0.15, 0.2) is 0 Å². The summed E-state index contributed by atoms with van der Waals surface area (Å²) >= 11 is 5.97. The lowest BCUT2D eigenvalue weighted by Crippen LogP contribution is -2.68. The van der Waals surface area contributed by atoms with Gasteiger partial charge in [0.1, 0.15) is 23.3 Å². The average Bonchev–Trinajstić information content (AvgIpc) is 2.83. The molecule has 0 bridgehead atoms. The van der Waals surface area contributed by atoms with E-state index >= 15 is 0 Å². The molecule has 1 heterocycles. The molecule has 2 atom stereocenters. The normalized spacial score (nSPS) is 17.7. The first-order chi connectivity index (χ1) is 16.1. The van der Waals surface area contributed by atoms with Gasteiger partial charge in [-0.15, -0.1) is 0 Å². The average molecular weight is 465 g/mol. The van der Waals surface area contributed by atoms with Gasteiger partial charge in [-0.2, -0.15) is 0 Å². The summed E-state index contributed by atoms with van der Waals surface area (Å²) in [6.45, 7) is 5.05. The van der Waals surface area contributed by atoms with E-state index in [1.165, 1.54) is 0 Å². The zero-order chi connectivity index (χ0) is 23.2. The van der Waals surface area contributed by atoms with Crippen LogP contribution in [0.25, 0.3) is 0 Å². The molecule has 7 heteroatoms. The minimum Gasteiger partial charge on any atom is -0.494 e. The zero-order valence-electron chi connectivity index (χ0n) is 18.5. The first kappa shape index (κ1) is 22.7. The Bertz CT molecular complexity index is 1100. The van der Waals surface area contributed by atoms with Crippen molar-refractivity contribution >= 4 is 35.1 Å². The van der Waals surface area contributed by atoms with Gasteiger partial charge in [-0.3, -0.25) is 14.7 Å². The third-order valence-electron chi connectivity index (χ3n) is 5.12. The summed E-state index contributed by atoms with van der Waals surface area (Å²) in [4.78, 5) is 19.3. The Kier molecular flexibility index (Phi) is 7.15. The molecule has 6 nitrogen and oxygen atoms in total. The molecule has 33 heavy (non-hydrogen) atoms. The van der Waals surface area contributed by atoms with Crippen molar-refractivity contribution in [2.24, 2.45) is 4.99 Å². The molecule has 1 aliphatic rings. The molecule has 0 aliphatic carbocycles. The summed E-state index contributed by atoms with van der Waals surface area (Å²) in [7, 11) is 0. The van der Waals surface area contributed by atoms with Gasteiger partial charge >= 0.3 is 0 Å². The maximum absolute atomic E-state index is 13.0. The SMILES string of the molecule is CCOc1ccc(N=C[C@@H]2[C@H](Oc3ccc(Cl)cc3)C(=O)N2c2ccc(OCC)cc2)cc1. The second-order valence-corrected chi connectivity index (χ2v) is 7.76. The van der Waals surface area contributed by atoms with Crippen LogP contribution < -0.4 is 19.1 Å². The molecular formula is C26H25ClN2O4. The molecule has 0 unspecified atom stereocenters. The Labute approximate surface area is 198 Å². The summed E-state index contributed by atoms with van der Waals surface area (Å²) in [6.07, 6.45) is 1.05. The van der Waals surface area contributed by atoms with Crippen LogP contribution in [0.4, 0.5) is 11.4 Å². The maximum Gasteiger partial charge on any atom is 0.271 e. The van der Waals surface area contributed by atoms with Gasteiger partial charge in [0.2, 0.25) is 6.10 Å². The van der Waals surface area contributed by atoms with Crippen molar-refractivity contribution in [3.63, 3.8) is 0 Å². The fraction of sp³-hybridized carbons (Fsp3) is 0.231. The minimum absolute atomic E-state index is 0.141. The number of halogens is 1. The van der Waals surface area contributed by atoms with Crippen molar-refractivity contribution in [3.05, 3.63) is 77.8 Å². The van der Waals surface area contributed by atoms with Crippen LogP contribution in [0.1, 0.15) is 13.8 Å². The molecule has 1 amide bonds. The van der Waals surface area contributed by atoms with Crippen molar-refractivity contribution in [1.29, 1.82) is 0 Å². The van der Waals surface area contributed by atoms with Gasteiger partial charge in [0.25, 0.3) is 5.91 Å². The number of hydrogen-bond donors (Lipinski definition) is 0. The summed E-state index contributed by atoms with van der Waals surface area (Å²) in [5, 5.41) is 0.604. The molecule has 0 saturated carbocycles. The topological polar surface area (TPSA) is 60.4 Å². The van der Waals surface area contributed by atoms with Gasteiger partial charge in [-0.25, -0.2) is 0 Å². The van der Waals surface area contributed by atoms with Crippen LogP contribution in [-0.2, 0) is 4.79 Å². The number of β-lactam (4-membered cyclic amide) rings is 1. The van der Waals surface area contributed by atoms with Crippen molar-refractivity contribution < 1.29 is 19.0 Å². The van der Waals surface area contributed by atoms with Crippen molar-refractivity contribution in [3.8, 4) is 17.2 Å². The van der Waals surface area contributed by atoms with E-state index < -0.39 is 6.10 Å². The van der Waals surface area contributed by atoms with Crippen LogP contribution >= 0.6 is 11.6 Å². The van der Waals surface area contributed by atoms with Crippen LogP contribution in [0.2, 0.25) is 5.02 Å². The molecule has 0 spiro atoms. The smallest absolute Gasteiger partial charge is 0.271 e. The Morgan fingerprint density at radius 2 is 1.39 bits per heavy atom. The molecule has 3 aromatic carbocycles. The first-order valence-corrected chi connectivity index (χ1v) is 11.2. The van der Waals surface area contributed by atoms with Gasteiger partial charge in [0.05, 0.1) is 18.9 Å². The molecule has 4 rings (SSSR count). The highest BCUT2D eigenvalue weighted by Crippen LogP contribution is 2.32. The number of ether oxygens (including phenoxy) is 3. The highest BCUT2D eigenvalue weighted by atomic mass is 35.5. The third-order valence-corrected chi connectivity index (χ3v) is 5.37. The monoisotopic (exact) mass is 464 g/mol. The van der Waals surface area contributed by atoms with E-state index in [1.54, 1.807) is 35.4 Å². The van der Waals surface area contributed by atoms with Crippen molar-refractivity contribution in [2.45, 2.75) is 26.0 Å². The Morgan fingerprint density at radius 3 is 1.97 bits per heavy atom. The van der Waals surface area contributed by atoms with E-state index in [0.717, 1.165) is 22.9 Å². The maximum atomic E-state index is 13.0. The van der Waals surface area contributed by atoms with Gasteiger partial charge < -0.3 is 14.2 Å². The Morgan fingerprint density at radius 1 is 0.848 bits per heavy atom.